The molecule has 0 aromatic carbocycles. The fourth-order valence-electron chi connectivity index (χ4n) is 1.90. The quantitative estimate of drug-likeness (QED) is 0.249. The fourth-order valence-corrected chi connectivity index (χ4v) is 1.90. The van der Waals surface area contributed by atoms with Crippen LogP contribution in [0.5, 0.6) is 0 Å². The van der Waals surface area contributed by atoms with E-state index in [9.17, 15) is 14.7 Å². The second-order valence-electron chi connectivity index (χ2n) is 6.98. The molecule has 0 spiro atoms. The number of nitrogens with one attached hydrogen (secondary N) is 2. The smallest absolute Gasteiger partial charge is 0.408 e. The lowest BCUT2D eigenvalue weighted by Gasteiger charge is -2.21. The Balaban J connectivity index is 2.65. The van der Waals surface area contributed by atoms with E-state index in [-0.39, 0.29) is 18.2 Å². The van der Waals surface area contributed by atoms with Crippen LogP contribution in [0.1, 0.15) is 39.0 Å². The zero-order chi connectivity index (χ0) is 21.3. The van der Waals surface area contributed by atoms with Gasteiger partial charge in [-0.3, -0.25) is 4.98 Å². The van der Waals surface area contributed by atoms with Crippen LogP contribution in [0.15, 0.2) is 28.5 Å². The van der Waals surface area contributed by atoms with Crippen LogP contribution in [-0.2, 0) is 22.5 Å². The number of carboxylic acid groups (broad SMARTS) is 1. The Hall–Kier alpha value is -3.37. The molecule has 7 N–H and O–H groups in total. The summed E-state index contributed by atoms with van der Waals surface area (Å²) in [6.07, 6.45) is 0.779. The van der Waals surface area contributed by atoms with Crippen molar-refractivity contribution in [2.45, 2.75) is 52.3 Å². The maximum absolute atomic E-state index is 11.8. The van der Waals surface area contributed by atoms with Gasteiger partial charge in [-0.25, -0.2) is 9.59 Å². The summed E-state index contributed by atoms with van der Waals surface area (Å²) in [7, 11) is 0. The molecular weight excluding hydrogens is 366 g/mol. The molecule has 0 bridgehead atoms. The molecule has 11 heteroatoms. The molecule has 0 aliphatic rings. The van der Waals surface area contributed by atoms with Crippen molar-refractivity contribution in [1.29, 1.82) is 0 Å². The van der Waals surface area contributed by atoms with Gasteiger partial charge in [0.1, 0.15) is 17.5 Å². The van der Waals surface area contributed by atoms with Crippen LogP contribution < -0.4 is 22.1 Å². The van der Waals surface area contributed by atoms with Crippen molar-refractivity contribution in [3.63, 3.8) is 0 Å². The highest BCUT2D eigenvalue weighted by Crippen LogP contribution is 2.08. The number of carbonyl (C=O) groups excluding carboxylic acids is 1. The fraction of sp³-hybridized carbons (Fsp3) is 0.471. The van der Waals surface area contributed by atoms with Crippen LogP contribution in [0.4, 0.5) is 4.79 Å². The van der Waals surface area contributed by atoms with Gasteiger partial charge in [0.25, 0.3) is 0 Å². The van der Waals surface area contributed by atoms with Crippen LogP contribution in [0.2, 0.25) is 0 Å². The molecule has 1 rings (SSSR count). The molecule has 0 aliphatic carbocycles. The zero-order valence-corrected chi connectivity index (χ0v) is 16.4. The number of amides is 1. The number of carbonyl (C=O) groups is 2. The maximum Gasteiger partial charge on any atom is 0.408 e. The Morgan fingerprint density at radius 3 is 2.46 bits per heavy atom. The second kappa shape index (κ2) is 10.1. The minimum Gasteiger partial charge on any atom is -0.480 e. The molecular formula is C17H27N7O4. The Morgan fingerprint density at radius 1 is 1.29 bits per heavy atom. The van der Waals surface area contributed by atoms with Gasteiger partial charge in [-0.1, -0.05) is 6.07 Å². The summed E-state index contributed by atoms with van der Waals surface area (Å²) < 4.78 is 5.08. The molecule has 0 unspecified atom stereocenters. The van der Waals surface area contributed by atoms with Crippen LogP contribution in [-0.4, -0.2) is 45.6 Å². The van der Waals surface area contributed by atoms with Gasteiger partial charge in [0, 0.05) is 24.9 Å². The van der Waals surface area contributed by atoms with Crippen molar-refractivity contribution in [3.05, 3.63) is 29.6 Å². The lowest BCUT2D eigenvalue weighted by molar-refractivity contribution is -0.139. The zero-order valence-electron chi connectivity index (χ0n) is 16.4. The van der Waals surface area contributed by atoms with Gasteiger partial charge in [0.05, 0.1) is 0 Å². The van der Waals surface area contributed by atoms with E-state index in [2.05, 4.69) is 25.8 Å². The largest absolute Gasteiger partial charge is 0.480 e. The monoisotopic (exact) mass is 393 g/mol. The Labute approximate surface area is 163 Å². The average molecular weight is 393 g/mol. The predicted octanol–water partition coefficient (Wildman–Crippen LogP) is 0.298. The Morgan fingerprint density at radius 2 is 1.96 bits per heavy atom. The van der Waals surface area contributed by atoms with Crippen LogP contribution in [0.3, 0.4) is 0 Å². The van der Waals surface area contributed by atoms with Crippen LogP contribution in [0.25, 0.3) is 0 Å². The molecule has 1 atom stereocenters. The molecule has 28 heavy (non-hydrogen) atoms. The number of carboxylic acids is 1. The summed E-state index contributed by atoms with van der Waals surface area (Å²) in [5, 5.41) is 21.8. The predicted molar refractivity (Wildman–Crippen MR) is 104 cm³/mol. The lowest BCUT2D eigenvalue weighted by Crippen LogP contribution is -2.44. The number of rotatable bonds is 7. The number of hydrogen-bond acceptors (Lipinski definition) is 6. The minimum absolute atomic E-state index is 0.0103. The van der Waals surface area contributed by atoms with Crippen molar-refractivity contribution >= 4 is 23.9 Å². The maximum atomic E-state index is 11.8. The third-order valence-corrected chi connectivity index (χ3v) is 3.08. The van der Waals surface area contributed by atoms with Crippen molar-refractivity contribution in [1.82, 2.24) is 15.6 Å². The topological polar surface area (TPSA) is 177 Å². The number of alkyl carbamates (subject to hydrolysis) is 1. The first-order valence-corrected chi connectivity index (χ1v) is 8.49. The first-order chi connectivity index (χ1) is 13.0. The Kier molecular flexibility index (Phi) is 8.17. The van der Waals surface area contributed by atoms with E-state index >= 15 is 0 Å². The van der Waals surface area contributed by atoms with Gasteiger partial charge in [-0.2, -0.15) is 0 Å². The number of nitrogens with zero attached hydrogens (tertiary/aromatic N) is 3. The van der Waals surface area contributed by atoms with Gasteiger partial charge in [0.2, 0.25) is 5.96 Å². The van der Waals surface area contributed by atoms with E-state index in [1.54, 1.807) is 46.0 Å². The van der Waals surface area contributed by atoms with E-state index in [1.807, 2.05) is 0 Å². The van der Waals surface area contributed by atoms with E-state index in [0.717, 1.165) is 5.56 Å². The number of pyridine rings is 1. The standard InChI is InChI=1S/C17H27N7O4/c1-10(18)23-24-15(19)21-9-11-5-6-12(20-8-11)7-13(14(25)26)22-16(27)28-17(2,3)4/h5-6,8,13H,7,9H2,1-4H3,(H2,18,23)(H,22,27)(H,25,26)(H3,19,21,24)/t13-/m0/s1. The summed E-state index contributed by atoms with van der Waals surface area (Å²) in [5.74, 6) is -0.803. The van der Waals surface area contributed by atoms with Crippen molar-refractivity contribution in [2.75, 3.05) is 0 Å². The normalized spacial score (nSPS) is 13.6. The second-order valence-corrected chi connectivity index (χ2v) is 6.98. The number of amidine groups is 1. The molecule has 154 valence electrons. The van der Waals surface area contributed by atoms with Crippen molar-refractivity contribution in [2.24, 2.45) is 21.7 Å². The first-order valence-electron chi connectivity index (χ1n) is 8.49. The highest BCUT2D eigenvalue weighted by atomic mass is 16.6. The van der Waals surface area contributed by atoms with E-state index < -0.39 is 23.7 Å². The van der Waals surface area contributed by atoms with Gasteiger partial charge in [-0.05, 0) is 39.3 Å². The van der Waals surface area contributed by atoms with E-state index in [0.29, 0.717) is 12.2 Å². The summed E-state index contributed by atoms with van der Waals surface area (Å²) in [6, 6.07) is 2.26. The van der Waals surface area contributed by atoms with Gasteiger partial charge in [-0.15, -0.1) is 10.2 Å². The minimum atomic E-state index is -1.18. The summed E-state index contributed by atoms with van der Waals surface area (Å²) in [4.78, 5) is 27.4. The number of aromatic nitrogens is 1. The van der Waals surface area contributed by atoms with Crippen molar-refractivity contribution < 1.29 is 19.4 Å². The van der Waals surface area contributed by atoms with E-state index in [4.69, 9.17) is 16.2 Å². The first kappa shape index (κ1) is 22.7. The number of guanidine groups is 1. The molecule has 1 aromatic rings. The molecule has 0 saturated carbocycles. The SMILES string of the molecule is C/C(N)=N/N=C(\N)NCc1ccc(C[C@H](NC(=O)OC(C)(C)C)C(=O)O)nc1. The highest BCUT2D eigenvalue weighted by Gasteiger charge is 2.24. The lowest BCUT2D eigenvalue weighted by atomic mass is 10.1. The summed E-state index contributed by atoms with van der Waals surface area (Å²) in [6.45, 7) is 7.01. The van der Waals surface area contributed by atoms with Gasteiger partial charge in [0.15, 0.2) is 0 Å². The molecule has 0 aliphatic heterocycles. The average Bonchev–Trinajstić information content (AvgIpc) is 2.57. The van der Waals surface area contributed by atoms with E-state index in [1.165, 1.54) is 0 Å². The number of ether oxygens (including phenoxy) is 1. The Bertz CT molecular complexity index is 735. The van der Waals surface area contributed by atoms with Crippen LogP contribution in [0, 0.1) is 0 Å². The molecule has 0 fully saturated rings. The summed E-state index contributed by atoms with van der Waals surface area (Å²) >= 11 is 0. The summed E-state index contributed by atoms with van der Waals surface area (Å²) in [5.41, 5.74) is 11.6. The molecule has 1 heterocycles. The molecule has 1 amide bonds. The highest BCUT2D eigenvalue weighted by molar-refractivity contribution is 5.81. The van der Waals surface area contributed by atoms with Gasteiger partial charge < -0.3 is 31.9 Å². The number of aliphatic carboxylic acids is 1. The number of hydrogen-bond donors (Lipinski definition) is 5. The van der Waals surface area contributed by atoms with Crippen molar-refractivity contribution in [3.8, 4) is 0 Å². The van der Waals surface area contributed by atoms with Crippen LogP contribution >= 0.6 is 0 Å². The van der Waals surface area contributed by atoms with Gasteiger partial charge >= 0.3 is 12.1 Å². The number of nitrogens with two attached hydrogens (primary N) is 2. The third kappa shape index (κ3) is 9.36. The molecule has 0 radical (unpaired) electrons. The molecule has 11 nitrogen and oxygen atoms in total. The molecule has 0 saturated heterocycles. The molecule has 1 aromatic heterocycles. The third-order valence-electron chi connectivity index (χ3n) is 3.08.